The minimum absolute atomic E-state index is 0.221. The van der Waals surface area contributed by atoms with E-state index >= 15 is 0 Å². The Labute approximate surface area is 180 Å². The van der Waals surface area contributed by atoms with Crippen molar-refractivity contribution in [1.82, 2.24) is 0 Å². The molecular weight excluding hydrogens is 394 g/mol. The van der Waals surface area contributed by atoms with Gasteiger partial charge in [-0.25, -0.2) is 0 Å². The molecule has 0 radical (unpaired) electrons. The lowest BCUT2D eigenvalue weighted by atomic mass is 10.0. The summed E-state index contributed by atoms with van der Waals surface area (Å²) in [7, 11) is 0. The predicted octanol–water partition coefficient (Wildman–Crippen LogP) is 6.70. The molecule has 3 nitrogen and oxygen atoms in total. The van der Waals surface area contributed by atoms with Crippen molar-refractivity contribution < 1.29 is 9.53 Å². The molecule has 0 bridgehead atoms. The van der Waals surface area contributed by atoms with Crippen LogP contribution in [-0.2, 0) is 11.2 Å². The van der Waals surface area contributed by atoms with Crippen LogP contribution in [0.25, 0.3) is 10.8 Å². The molecule has 4 heteroatoms. The maximum Gasteiger partial charge on any atom is 0.315 e. The van der Waals surface area contributed by atoms with E-state index in [9.17, 15) is 4.79 Å². The summed E-state index contributed by atoms with van der Waals surface area (Å²) in [5, 5.41) is 2.87. The summed E-state index contributed by atoms with van der Waals surface area (Å²) >= 11 is 6.13. The summed E-state index contributed by atoms with van der Waals surface area (Å²) in [6, 6.07) is 26.9. The molecule has 0 amide bonds. The second-order valence-electron chi connectivity index (χ2n) is 7.00. The van der Waals surface area contributed by atoms with Gasteiger partial charge in [-0.2, -0.15) is 0 Å². The Bertz CT molecular complexity index is 1220. The van der Waals surface area contributed by atoms with Gasteiger partial charge in [0.05, 0.1) is 12.1 Å². The maximum atomic E-state index is 12.4. The second-order valence-corrected chi connectivity index (χ2v) is 7.41. The lowest BCUT2D eigenvalue weighted by Crippen LogP contribution is -2.11. The number of benzene rings is 4. The fraction of sp³-hybridized carbons (Fsp3) is 0.0769. The van der Waals surface area contributed by atoms with E-state index in [1.165, 1.54) is 0 Å². The van der Waals surface area contributed by atoms with Crippen LogP contribution < -0.4 is 4.74 Å². The molecule has 0 saturated heterocycles. The molecule has 0 aromatic heterocycles. The van der Waals surface area contributed by atoms with Crippen molar-refractivity contribution >= 4 is 40.2 Å². The first kappa shape index (κ1) is 19.9. The molecule has 4 aromatic carbocycles. The van der Waals surface area contributed by atoms with Crippen LogP contribution in [0.4, 0.5) is 5.69 Å². The number of ether oxygens (including phenoxy) is 1. The topological polar surface area (TPSA) is 38.7 Å². The molecule has 4 rings (SSSR count). The zero-order valence-corrected chi connectivity index (χ0v) is 17.3. The summed E-state index contributed by atoms with van der Waals surface area (Å²) in [5.74, 6) is 0.221. The van der Waals surface area contributed by atoms with Crippen LogP contribution in [0.15, 0.2) is 89.9 Å². The number of esters is 1. The summed E-state index contributed by atoms with van der Waals surface area (Å²) < 4.78 is 5.52. The molecule has 0 aliphatic heterocycles. The molecule has 0 heterocycles. The highest BCUT2D eigenvalue weighted by Gasteiger charge is 2.09. The van der Waals surface area contributed by atoms with Crippen molar-refractivity contribution in [2.45, 2.75) is 13.3 Å². The molecule has 0 unspecified atom stereocenters. The Balaban J connectivity index is 1.42. The monoisotopic (exact) mass is 413 g/mol. The number of hydrogen-bond acceptors (Lipinski definition) is 3. The molecular formula is C26H20ClNO2. The number of carbonyl (C=O) groups excluding carboxylic acids is 1. The Kier molecular flexibility index (Phi) is 5.92. The zero-order chi connectivity index (χ0) is 20.9. The number of carbonyl (C=O) groups is 1. The molecule has 148 valence electrons. The SMILES string of the molecule is Cc1c(Cl)cccc1N=Cc1ccc(OC(=O)Cc2cccc3ccccc23)cc1. The van der Waals surface area contributed by atoms with Gasteiger partial charge in [0, 0.05) is 11.2 Å². The summed E-state index contributed by atoms with van der Waals surface area (Å²) in [6.07, 6.45) is 1.99. The highest BCUT2D eigenvalue weighted by Crippen LogP contribution is 2.25. The largest absolute Gasteiger partial charge is 0.426 e. The molecule has 0 spiro atoms. The molecule has 4 aromatic rings. The standard InChI is InChI=1S/C26H20ClNO2/c1-18-24(27)10-5-11-25(18)28-17-19-12-14-22(15-13-19)30-26(29)16-21-8-4-7-20-6-2-3-9-23(20)21/h2-15,17H,16H2,1H3. The van der Waals surface area contributed by atoms with E-state index in [2.05, 4.69) is 4.99 Å². The zero-order valence-electron chi connectivity index (χ0n) is 16.5. The Morgan fingerprint density at radius 1 is 0.933 bits per heavy atom. The van der Waals surface area contributed by atoms with Crippen LogP contribution in [0.2, 0.25) is 5.02 Å². The van der Waals surface area contributed by atoms with Gasteiger partial charge >= 0.3 is 5.97 Å². The predicted molar refractivity (Wildman–Crippen MR) is 123 cm³/mol. The van der Waals surface area contributed by atoms with Gasteiger partial charge in [-0.1, -0.05) is 60.1 Å². The minimum Gasteiger partial charge on any atom is -0.426 e. The Hall–Kier alpha value is -3.43. The van der Waals surface area contributed by atoms with Crippen molar-refractivity contribution in [3.8, 4) is 5.75 Å². The van der Waals surface area contributed by atoms with Gasteiger partial charge in [-0.3, -0.25) is 9.79 Å². The molecule has 0 atom stereocenters. The average Bonchev–Trinajstić information content (AvgIpc) is 2.76. The van der Waals surface area contributed by atoms with Gasteiger partial charge in [-0.05, 0) is 70.8 Å². The van der Waals surface area contributed by atoms with Gasteiger partial charge in [0.2, 0.25) is 0 Å². The Morgan fingerprint density at radius 3 is 2.50 bits per heavy atom. The normalized spacial score (nSPS) is 11.1. The summed E-state index contributed by atoms with van der Waals surface area (Å²) in [6.45, 7) is 1.94. The van der Waals surface area contributed by atoms with Gasteiger partial charge in [0.1, 0.15) is 5.75 Å². The van der Waals surface area contributed by atoms with E-state index in [1.807, 2.05) is 79.7 Å². The first-order valence-electron chi connectivity index (χ1n) is 9.67. The maximum absolute atomic E-state index is 12.4. The van der Waals surface area contributed by atoms with Crippen molar-refractivity contribution in [2.24, 2.45) is 4.99 Å². The first-order chi connectivity index (χ1) is 14.6. The van der Waals surface area contributed by atoms with E-state index in [-0.39, 0.29) is 12.4 Å². The number of rotatable bonds is 5. The molecule has 0 N–H and O–H groups in total. The Morgan fingerprint density at radius 2 is 1.67 bits per heavy atom. The van der Waals surface area contributed by atoms with Crippen LogP contribution >= 0.6 is 11.6 Å². The van der Waals surface area contributed by atoms with Gasteiger partial charge in [0.25, 0.3) is 0 Å². The molecule has 0 aliphatic carbocycles. The highest BCUT2D eigenvalue weighted by molar-refractivity contribution is 6.31. The second kappa shape index (κ2) is 8.93. The third kappa shape index (κ3) is 4.58. The molecule has 0 saturated carbocycles. The molecule has 30 heavy (non-hydrogen) atoms. The number of nitrogens with zero attached hydrogens (tertiary/aromatic N) is 1. The number of hydrogen-bond donors (Lipinski definition) is 0. The lowest BCUT2D eigenvalue weighted by molar-refractivity contribution is -0.133. The smallest absolute Gasteiger partial charge is 0.315 e. The quantitative estimate of drug-likeness (QED) is 0.207. The van der Waals surface area contributed by atoms with Crippen LogP contribution in [0.1, 0.15) is 16.7 Å². The summed E-state index contributed by atoms with van der Waals surface area (Å²) in [5.41, 5.74) is 3.63. The van der Waals surface area contributed by atoms with Crippen molar-refractivity contribution in [2.75, 3.05) is 0 Å². The number of fused-ring (bicyclic) bond motifs is 1. The van der Waals surface area contributed by atoms with Crippen LogP contribution in [-0.4, -0.2) is 12.2 Å². The van der Waals surface area contributed by atoms with Crippen molar-refractivity contribution in [1.29, 1.82) is 0 Å². The summed E-state index contributed by atoms with van der Waals surface area (Å²) in [4.78, 5) is 16.9. The van der Waals surface area contributed by atoms with E-state index in [0.717, 1.165) is 33.2 Å². The van der Waals surface area contributed by atoms with Gasteiger partial charge in [-0.15, -0.1) is 0 Å². The lowest BCUT2D eigenvalue weighted by Gasteiger charge is -2.07. The number of aliphatic imine (C=N–C) groups is 1. The van der Waals surface area contributed by atoms with E-state index in [0.29, 0.717) is 10.8 Å². The van der Waals surface area contributed by atoms with Crippen molar-refractivity contribution in [3.05, 3.63) is 107 Å². The fourth-order valence-electron chi connectivity index (χ4n) is 3.27. The minimum atomic E-state index is -0.290. The third-order valence-corrected chi connectivity index (χ3v) is 5.33. The van der Waals surface area contributed by atoms with E-state index < -0.39 is 0 Å². The molecule has 0 fully saturated rings. The average molecular weight is 414 g/mol. The number of halogens is 1. The fourth-order valence-corrected chi connectivity index (χ4v) is 3.44. The highest BCUT2D eigenvalue weighted by atomic mass is 35.5. The molecule has 0 aliphatic rings. The van der Waals surface area contributed by atoms with Gasteiger partial charge < -0.3 is 4.74 Å². The van der Waals surface area contributed by atoms with E-state index in [4.69, 9.17) is 16.3 Å². The van der Waals surface area contributed by atoms with Gasteiger partial charge in [0.15, 0.2) is 0 Å². The van der Waals surface area contributed by atoms with Crippen molar-refractivity contribution in [3.63, 3.8) is 0 Å². The first-order valence-corrected chi connectivity index (χ1v) is 10.0. The van der Waals surface area contributed by atoms with Crippen LogP contribution in [0, 0.1) is 6.92 Å². The van der Waals surface area contributed by atoms with Crippen LogP contribution in [0.5, 0.6) is 5.75 Å². The van der Waals surface area contributed by atoms with E-state index in [1.54, 1.807) is 18.3 Å². The third-order valence-electron chi connectivity index (χ3n) is 4.92. The van der Waals surface area contributed by atoms with Crippen LogP contribution in [0.3, 0.4) is 0 Å².